The average Bonchev–Trinajstić information content (AvgIpc) is 3.03. The van der Waals surface area contributed by atoms with Crippen LogP contribution in [0.4, 0.5) is 5.69 Å². The Kier molecular flexibility index (Phi) is 7.92. The molecular formula is C17H22N4O2S3. The number of likely N-dealkylation sites (N-methyl/N-ethyl adjacent to an activating group) is 1. The molecule has 26 heavy (non-hydrogen) atoms. The van der Waals surface area contributed by atoms with Crippen LogP contribution in [0.5, 0.6) is 0 Å². The van der Waals surface area contributed by atoms with Crippen LogP contribution in [0.2, 0.25) is 0 Å². The van der Waals surface area contributed by atoms with Gasteiger partial charge in [0.15, 0.2) is 8.68 Å². The highest BCUT2D eigenvalue weighted by Crippen LogP contribution is 2.28. The standard InChI is InChI=1S/C17H22N4O2S3/c1-5-24-16-19-20-17(26-16)25-10-15(23)21(4)9-14(22)18-13-8-11(2)6-7-12(13)3/h6-8H,5,9-10H2,1-4H3,(H,18,22). The third kappa shape index (κ3) is 6.30. The highest BCUT2D eigenvalue weighted by Gasteiger charge is 2.15. The largest absolute Gasteiger partial charge is 0.336 e. The fourth-order valence-electron chi connectivity index (χ4n) is 2.03. The maximum absolute atomic E-state index is 12.2. The number of thioether (sulfide) groups is 2. The highest BCUT2D eigenvalue weighted by molar-refractivity contribution is 8.03. The molecule has 0 unspecified atom stereocenters. The van der Waals surface area contributed by atoms with Gasteiger partial charge in [-0.15, -0.1) is 10.2 Å². The lowest BCUT2D eigenvalue weighted by atomic mass is 10.1. The maximum atomic E-state index is 12.2. The summed E-state index contributed by atoms with van der Waals surface area (Å²) in [4.78, 5) is 25.9. The number of nitrogens with one attached hydrogen (secondary N) is 1. The van der Waals surface area contributed by atoms with Crippen molar-refractivity contribution in [1.82, 2.24) is 15.1 Å². The van der Waals surface area contributed by atoms with E-state index in [1.807, 2.05) is 32.0 Å². The van der Waals surface area contributed by atoms with Gasteiger partial charge in [0.1, 0.15) is 0 Å². The van der Waals surface area contributed by atoms with Crippen molar-refractivity contribution in [3.05, 3.63) is 29.3 Å². The minimum atomic E-state index is -0.211. The number of nitrogens with zero attached hydrogens (tertiary/aromatic N) is 3. The van der Waals surface area contributed by atoms with Crippen LogP contribution in [0.3, 0.4) is 0 Å². The predicted molar refractivity (Wildman–Crippen MR) is 109 cm³/mol. The second-order valence-electron chi connectivity index (χ2n) is 5.67. The van der Waals surface area contributed by atoms with Gasteiger partial charge in [-0.05, 0) is 36.8 Å². The van der Waals surface area contributed by atoms with Crippen LogP contribution in [0.1, 0.15) is 18.1 Å². The second kappa shape index (κ2) is 9.94. The van der Waals surface area contributed by atoms with Crippen molar-refractivity contribution in [1.29, 1.82) is 0 Å². The number of rotatable bonds is 8. The smallest absolute Gasteiger partial charge is 0.243 e. The molecule has 0 bridgehead atoms. The van der Waals surface area contributed by atoms with Crippen molar-refractivity contribution in [2.24, 2.45) is 0 Å². The van der Waals surface area contributed by atoms with Crippen molar-refractivity contribution < 1.29 is 9.59 Å². The van der Waals surface area contributed by atoms with Gasteiger partial charge in [-0.1, -0.05) is 53.9 Å². The van der Waals surface area contributed by atoms with Gasteiger partial charge in [-0.3, -0.25) is 9.59 Å². The number of carbonyl (C=O) groups excluding carboxylic acids is 2. The highest BCUT2D eigenvalue weighted by atomic mass is 32.2. The van der Waals surface area contributed by atoms with Crippen LogP contribution in [0.15, 0.2) is 26.9 Å². The second-order valence-corrected chi connectivity index (χ2v) is 9.38. The molecule has 2 aromatic rings. The number of aryl methyl sites for hydroxylation is 2. The Hall–Kier alpha value is -1.58. The zero-order valence-electron chi connectivity index (χ0n) is 15.2. The van der Waals surface area contributed by atoms with Crippen molar-refractivity contribution in [2.45, 2.75) is 29.5 Å². The molecule has 2 rings (SSSR count). The Morgan fingerprint density at radius 2 is 1.88 bits per heavy atom. The lowest BCUT2D eigenvalue weighted by molar-refractivity contribution is -0.131. The Morgan fingerprint density at radius 3 is 2.58 bits per heavy atom. The number of anilines is 1. The molecule has 1 aromatic carbocycles. The van der Waals surface area contributed by atoms with Crippen LogP contribution < -0.4 is 5.32 Å². The first-order valence-corrected chi connectivity index (χ1v) is 10.9. The van der Waals surface area contributed by atoms with Gasteiger partial charge >= 0.3 is 0 Å². The van der Waals surface area contributed by atoms with E-state index in [1.54, 1.807) is 18.8 Å². The molecule has 0 aliphatic rings. The van der Waals surface area contributed by atoms with Gasteiger partial charge in [0.05, 0.1) is 12.3 Å². The Labute approximate surface area is 166 Å². The number of hydrogen-bond donors (Lipinski definition) is 1. The molecule has 0 radical (unpaired) electrons. The zero-order chi connectivity index (χ0) is 19.1. The van der Waals surface area contributed by atoms with Crippen molar-refractivity contribution >= 4 is 52.4 Å². The minimum Gasteiger partial charge on any atom is -0.336 e. The fraction of sp³-hybridized carbons (Fsp3) is 0.412. The molecular weight excluding hydrogens is 388 g/mol. The lowest BCUT2D eigenvalue weighted by Gasteiger charge is -2.17. The van der Waals surface area contributed by atoms with Gasteiger partial charge < -0.3 is 10.2 Å². The van der Waals surface area contributed by atoms with E-state index in [0.29, 0.717) is 0 Å². The molecule has 6 nitrogen and oxygen atoms in total. The molecule has 0 saturated heterocycles. The maximum Gasteiger partial charge on any atom is 0.243 e. The Balaban J connectivity index is 1.81. The average molecular weight is 411 g/mol. The topological polar surface area (TPSA) is 75.2 Å². The molecule has 9 heteroatoms. The van der Waals surface area contributed by atoms with E-state index in [2.05, 4.69) is 22.4 Å². The van der Waals surface area contributed by atoms with Crippen molar-refractivity contribution in [3.8, 4) is 0 Å². The van der Waals surface area contributed by atoms with Crippen LogP contribution in [0, 0.1) is 13.8 Å². The number of benzene rings is 1. The van der Waals surface area contributed by atoms with Crippen LogP contribution in [-0.4, -0.2) is 52.0 Å². The normalized spacial score (nSPS) is 10.6. The Bertz CT molecular complexity index is 779. The minimum absolute atomic E-state index is 0.0137. The first kappa shape index (κ1) is 20.7. The monoisotopic (exact) mass is 410 g/mol. The number of aromatic nitrogens is 2. The fourth-order valence-corrected chi connectivity index (χ4v) is 4.89. The van der Waals surface area contributed by atoms with Crippen LogP contribution in [-0.2, 0) is 9.59 Å². The van der Waals surface area contributed by atoms with Gasteiger partial charge in [-0.25, -0.2) is 0 Å². The molecule has 0 saturated carbocycles. The summed E-state index contributed by atoms with van der Waals surface area (Å²) in [5, 5.41) is 11.0. The van der Waals surface area contributed by atoms with Gasteiger partial charge in [0, 0.05) is 12.7 Å². The van der Waals surface area contributed by atoms with E-state index in [4.69, 9.17) is 0 Å². The number of hydrogen-bond acceptors (Lipinski definition) is 7. The summed E-state index contributed by atoms with van der Waals surface area (Å²) in [6.45, 7) is 5.98. The molecule has 0 aliphatic heterocycles. The van der Waals surface area contributed by atoms with Gasteiger partial charge in [0.2, 0.25) is 11.8 Å². The first-order chi connectivity index (χ1) is 12.4. The summed E-state index contributed by atoms with van der Waals surface area (Å²) in [7, 11) is 1.63. The van der Waals surface area contributed by atoms with E-state index in [9.17, 15) is 9.59 Å². The summed E-state index contributed by atoms with van der Waals surface area (Å²) in [5.74, 6) is 0.845. The number of amides is 2. The molecule has 0 aliphatic carbocycles. The molecule has 0 atom stereocenters. The first-order valence-electron chi connectivity index (χ1n) is 8.09. The van der Waals surface area contributed by atoms with Crippen LogP contribution in [0.25, 0.3) is 0 Å². The van der Waals surface area contributed by atoms with E-state index in [0.717, 1.165) is 31.2 Å². The molecule has 0 fully saturated rings. The summed E-state index contributed by atoms with van der Waals surface area (Å²) >= 11 is 4.46. The SMILES string of the molecule is CCSc1nnc(SCC(=O)N(C)CC(=O)Nc2cc(C)ccc2C)s1. The van der Waals surface area contributed by atoms with Crippen molar-refractivity contribution in [2.75, 3.05) is 30.4 Å². The predicted octanol–water partition coefficient (Wildman–Crippen LogP) is 3.46. The van der Waals surface area contributed by atoms with E-state index >= 15 is 0 Å². The van der Waals surface area contributed by atoms with E-state index < -0.39 is 0 Å². The molecule has 0 spiro atoms. The zero-order valence-corrected chi connectivity index (χ0v) is 17.7. The summed E-state index contributed by atoms with van der Waals surface area (Å²) in [6.07, 6.45) is 0. The molecule has 1 N–H and O–H groups in total. The van der Waals surface area contributed by atoms with Gasteiger partial charge in [0.25, 0.3) is 0 Å². The van der Waals surface area contributed by atoms with Crippen LogP contribution >= 0.6 is 34.9 Å². The number of carbonyl (C=O) groups is 2. The molecule has 1 aromatic heterocycles. The third-order valence-electron chi connectivity index (χ3n) is 3.45. The third-order valence-corrected chi connectivity index (χ3v) is 6.51. The summed E-state index contributed by atoms with van der Waals surface area (Å²) in [5.41, 5.74) is 2.84. The van der Waals surface area contributed by atoms with E-state index in [1.165, 1.54) is 28.0 Å². The molecule has 2 amide bonds. The quantitative estimate of drug-likeness (QED) is 0.672. The molecule has 140 valence electrons. The van der Waals surface area contributed by atoms with Gasteiger partial charge in [-0.2, -0.15) is 0 Å². The Morgan fingerprint density at radius 1 is 1.19 bits per heavy atom. The van der Waals surface area contributed by atoms with E-state index in [-0.39, 0.29) is 24.1 Å². The summed E-state index contributed by atoms with van der Waals surface area (Å²) in [6, 6.07) is 5.88. The van der Waals surface area contributed by atoms with Crippen molar-refractivity contribution in [3.63, 3.8) is 0 Å². The summed E-state index contributed by atoms with van der Waals surface area (Å²) < 4.78 is 1.67. The lowest BCUT2D eigenvalue weighted by Crippen LogP contribution is -2.36. The molecule has 1 heterocycles.